The Bertz CT molecular complexity index is 824. The molecule has 0 amide bonds. The number of piperidine rings is 1. The first-order valence-electron chi connectivity index (χ1n) is 11.0. The summed E-state index contributed by atoms with van der Waals surface area (Å²) >= 11 is 0. The van der Waals surface area contributed by atoms with Gasteiger partial charge in [0.25, 0.3) is 0 Å². The van der Waals surface area contributed by atoms with Gasteiger partial charge < -0.3 is 15.5 Å². The highest BCUT2D eigenvalue weighted by Gasteiger charge is 2.20. The van der Waals surface area contributed by atoms with Gasteiger partial charge in [-0.2, -0.15) is 0 Å². The van der Waals surface area contributed by atoms with Crippen LogP contribution in [0.1, 0.15) is 36.6 Å². The average Bonchev–Trinajstić information content (AvgIpc) is 2.75. The highest BCUT2D eigenvalue weighted by molar-refractivity contribution is 5.80. The summed E-state index contributed by atoms with van der Waals surface area (Å²) in [6.07, 6.45) is 2.26. The Balaban J connectivity index is 1.52. The molecule has 0 unspecified atom stereocenters. The summed E-state index contributed by atoms with van der Waals surface area (Å²) in [7, 11) is 4.01. The summed E-state index contributed by atoms with van der Waals surface area (Å²) in [5.41, 5.74) is 3.80. The molecule has 6 heteroatoms. The number of aliphatic imine (C=N–C) groups is 1. The van der Waals surface area contributed by atoms with Gasteiger partial charge in [0.05, 0.1) is 12.2 Å². The molecule has 0 spiro atoms. The lowest BCUT2D eigenvalue weighted by Gasteiger charge is -2.33. The minimum atomic E-state index is 0.456. The van der Waals surface area contributed by atoms with Crippen molar-refractivity contribution in [2.45, 2.75) is 45.8 Å². The number of hydrogen-bond donors (Lipinski definition) is 2. The fourth-order valence-corrected chi connectivity index (χ4v) is 3.74. The van der Waals surface area contributed by atoms with Gasteiger partial charge in [-0.3, -0.25) is 4.90 Å². The maximum atomic E-state index is 4.78. The number of nitrogens with one attached hydrogen (secondary N) is 2. The van der Waals surface area contributed by atoms with Gasteiger partial charge in [-0.15, -0.1) is 0 Å². The van der Waals surface area contributed by atoms with Crippen molar-refractivity contribution in [2.75, 3.05) is 38.6 Å². The van der Waals surface area contributed by atoms with Crippen molar-refractivity contribution in [1.29, 1.82) is 0 Å². The van der Waals surface area contributed by atoms with Crippen LogP contribution in [0.2, 0.25) is 0 Å². The second-order valence-corrected chi connectivity index (χ2v) is 8.20. The van der Waals surface area contributed by atoms with Crippen LogP contribution < -0.4 is 15.5 Å². The summed E-state index contributed by atoms with van der Waals surface area (Å²) < 4.78 is 0. The summed E-state index contributed by atoms with van der Waals surface area (Å²) in [6.45, 7) is 8.99. The molecule has 1 aromatic heterocycles. The number of guanidine groups is 1. The SMILES string of the molecule is CCNC(=NCc1cccc(N(C)C)n1)NC1CCN(Cc2ccccc2C)CC1. The van der Waals surface area contributed by atoms with E-state index < -0.39 is 0 Å². The fourth-order valence-electron chi connectivity index (χ4n) is 3.74. The highest BCUT2D eigenvalue weighted by Crippen LogP contribution is 2.16. The first-order valence-corrected chi connectivity index (χ1v) is 11.0. The minimum absolute atomic E-state index is 0.456. The van der Waals surface area contributed by atoms with E-state index in [2.05, 4.69) is 58.6 Å². The van der Waals surface area contributed by atoms with E-state index in [1.165, 1.54) is 11.1 Å². The van der Waals surface area contributed by atoms with Crippen LogP contribution in [-0.2, 0) is 13.1 Å². The van der Waals surface area contributed by atoms with Crippen LogP contribution in [-0.4, -0.2) is 55.6 Å². The second kappa shape index (κ2) is 11.0. The Kier molecular flexibility index (Phi) is 8.08. The van der Waals surface area contributed by atoms with Crippen molar-refractivity contribution in [3.05, 3.63) is 59.3 Å². The number of nitrogens with zero attached hydrogens (tertiary/aromatic N) is 4. The largest absolute Gasteiger partial charge is 0.363 e. The zero-order valence-electron chi connectivity index (χ0n) is 18.9. The van der Waals surface area contributed by atoms with Crippen LogP contribution in [0, 0.1) is 6.92 Å². The number of benzene rings is 1. The third kappa shape index (κ3) is 6.46. The van der Waals surface area contributed by atoms with E-state index in [1.807, 2.05) is 37.2 Å². The van der Waals surface area contributed by atoms with Gasteiger partial charge in [0, 0.05) is 46.3 Å². The van der Waals surface area contributed by atoms with E-state index in [1.54, 1.807) is 0 Å². The van der Waals surface area contributed by atoms with Crippen molar-refractivity contribution in [3.63, 3.8) is 0 Å². The molecule has 1 saturated heterocycles. The fraction of sp³-hybridized carbons (Fsp3) is 0.500. The maximum Gasteiger partial charge on any atom is 0.191 e. The zero-order chi connectivity index (χ0) is 21.3. The lowest BCUT2D eigenvalue weighted by atomic mass is 10.0. The number of pyridine rings is 1. The molecule has 162 valence electrons. The van der Waals surface area contributed by atoms with Gasteiger partial charge in [0.2, 0.25) is 0 Å². The molecule has 0 atom stereocenters. The van der Waals surface area contributed by atoms with E-state index >= 15 is 0 Å². The van der Waals surface area contributed by atoms with E-state index in [0.29, 0.717) is 12.6 Å². The first kappa shape index (κ1) is 22.1. The molecular weight excluding hydrogens is 372 g/mol. The molecule has 1 aliphatic heterocycles. The smallest absolute Gasteiger partial charge is 0.191 e. The van der Waals surface area contributed by atoms with Crippen molar-refractivity contribution >= 4 is 11.8 Å². The molecule has 30 heavy (non-hydrogen) atoms. The molecule has 0 radical (unpaired) electrons. The molecular formula is C24H36N6. The van der Waals surface area contributed by atoms with Crippen molar-refractivity contribution in [3.8, 4) is 0 Å². The molecule has 0 aliphatic carbocycles. The van der Waals surface area contributed by atoms with E-state index in [9.17, 15) is 0 Å². The van der Waals surface area contributed by atoms with Gasteiger partial charge >= 0.3 is 0 Å². The van der Waals surface area contributed by atoms with Gasteiger partial charge in [-0.25, -0.2) is 9.98 Å². The first-order chi connectivity index (χ1) is 14.5. The van der Waals surface area contributed by atoms with Crippen LogP contribution in [0.3, 0.4) is 0 Å². The molecule has 2 aromatic rings. The van der Waals surface area contributed by atoms with E-state index in [0.717, 1.165) is 56.5 Å². The molecule has 2 N–H and O–H groups in total. The third-order valence-electron chi connectivity index (χ3n) is 5.58. The Morgan fingerprint density at radius 1 is 1.13 bits per heavy atom. The maximum absolute atomic E-state index is 4.78. The Hall–Kier alpha value is -2.60. The highest BCUT2D eigenvalue weighted by atomic mass is 15.2. The molecule has 0 bridgehead atoms. The zero-order valence-corrected chi connectivity index (χ0v) is 18.9. The Morgan fingerprint density at radius 2 is 1.90 bits per heavy atom. The normalized spacial score (nSPS) is 15.8. The predicted octanol–water partition coefficient (Wildman–Crippen LogP) is 3.18. The van der Waals surface area contributed by atoms with E-state index in [-0.39, 0.29) is 0 Å². The number of aromatic nitrogens is 1. The molecule has 2 heterocycles. The van der Waals surface area contributed by atoms with Crippen LogP contribution in [0.25, 0.3) is 0 Å². The Morgan fingerprint density at radius 3 is 2.60 bits per heavy atom. The lowest BCUT2D eigenvalue weighted by Crippen LogP contribution is -2.48. The minimum Gasteiger partial charge on any atom is -0.363 e. The van der Waals surface area contributed by atoms with Crippen LogP contribution >= 0.6 is 0 Å². The number of aryl methyl sites for hydroxylation is 1. The number of likely N-dealkylation sites (tertiary alicyclic amines) is 1. The van der Waals surface area contributed by atoms with Gasteiger partial charge in [-0.05, 0) is 49.9 Å². The third-order valence-corrected chi connectivity index (χ3v) is 5.58. The van der Waals surface area contributed by atoms with Gasteiger partial charge in [0.15, 0.2) is 5.96 Å². The summed E-state index contributed by atoms with van der Waals surface area (Å²) in [5.74, 6) is 1.84. The molecule has 1 fully saturated rings. The molecule has 0 saturated carbocycles. The van der Waals surface area contributed by atoms with Crippen LogP contribution in [0.5, 0.6) is 0 Å². The van der Waals surface area contributed by atoms with Crippen molar-refractivity contribution in [1.82, 2.24) is 20.5 Å². The lowest BCUT2D eigenvalue weighted by molar-refractivity contribution is 0.198. The van der Waals surface area contributed by atoms with Crippen LogP contribution in [0.15, 0.2) is 47.5 Å². The quantitative estimate of drug-likeness (QED) is 0.544. The standard InChI is InChI=1S/C24H36N6/c1-5-25-24(26-17-22-11-8-12-23(27-22)29(3)4)28-21-13-15-30(16-14-21)18-20-10-7-6-9-19(20)2/h6-12,21H,5,13-18H2,1-4H3,(H2,25,26,28). The second-order valence-electron chi connectivity index (χ2n) is 8.20. The predicted molar refractivity (Wildman–Crippen MR) is 126 cm³/mol. The number of rotatable bonds is 7. The van der Waals surface area contributed by atoms with Crippen LogP contribution in [0.4, 0.5) is 5.82 Å². The molecule has 3 rings (SSSR count). The average molecular weight is 409 g/mol. The van der Waals surface area contributed by atoms with Gasteiger partial charge in [-0.1, -0.05) is 30.3 Å². The summed E-state index contributed by atoms with van der Waals surface area (Å²) in [5, 5.41) is 7.02. The number of anilines is 1. The van der Waals surface area contributed by atoms with Crippen molar-refractivity contribution in [2.24, 2.45) is 4.99 Å². The molecule has 1 aliphatic rings. The topological polar surface area (TPSA) is 55.8 Å². The van der Waals surface area contributed by atoms with Crippen molar-refractivity contribution < 1.29 is 0 Å². The Labute approximate surface area is 181 Å². The van der Waals surface area contributed by atoms with Gasteiger partial charge in [0.1, 0.15) is 5.82 Å². The van der Waals surface area contributed by atoms with E-state index in [4.69, 9.17) is 4.99 Å². The number of hydrogen-bond acceptors (Lipinski definition) is 4. The summed E-state index contributed by atoms with van der Waals surface area (Å²) in [4.78, 5) is 14.0. The summed E-state index contributed by atoms with van der Waals surface area (Å²) in [6, 6.07) is 15.2. The molecule has 6 nitrogen and oxygen atoms in total. The monoisotopic (exact) mass is 408 g/mol. The molecule has 1 aromatic carbocycles.